The molecule has 1 fully saturated rings. The van der Waals surface area contributed by atoms with E-state index < -0.39 is 0 Å². The Morgan fingerprint density at radius 3 is 2.00 bits per heavy atom. The molecule has 0 spiro atoms. The molecule has 0 bridgehead atoms. The summed E-state index contributed by atoms with van der Waals surface area (Å²) in [7, 11) is 0. The summed E-state index contributed by atoms with van der Waals surface area (Å²) in [4.78, 5) is 0. The van der Waals surface area contributed by atoms with E-state index in [2.05, 4.69) is 0 Å². The standard InChI is InChI=1S/C15H19ClO2/c1-14(2)15(3,4)18-13(17-14)10-7-11-5-8-12(16)9-6-11/h5-10,13H,1-4H3/b10-7+. The monoisotopic (exact) mass is 266 g/mol. The van der Waals surface area contributed by atoms with E-state index in [1.807, 2.05) is 64.1 Å². The van der Waals surface area contributed by atoms with Crippen molar-refractivity contribution in [3.8, 4) is 0 Å². The van der Waals surface area contributed by atoms with Crippen molar-refractivity contribution in [1.82, 2.24) is 0 Å². The highest BCUT2D eigenvalue weighted by atomic mass is 35.5. The highest BCUT2D eigenvalue weighted by Gasteiger charge is 2.48. The van der Waals surface area contributed by atoms with Gasteiger partial charge in [-0.2, -0.15) is 0 Å². The Labute approximate surface area is 114 Å². The second-order valence-corrected chi connectivity index (χ2v) is 5.97. The first-order valence-corrected chi connectivity index (χ1v) is 6.47. The fraction of sp³-hybridized carbons (Fsp3) is 0.467. The van der Waals surface area contributed by atoms with E-state index in [0.29, 0.717) is 0 Å². The van der Waals surface area contributed by atoms with E-state index in [4.69, 9.17) is 21.1 Å². The Balaban J connectivity index is 2.06. The third kappa shape index (κ3) is 2.77. The van der Waals surface area contributed by atoms with Crippen molar-refractivity contribution in [3.63, 3.8) is 0 Å². The third-order valence-electron chi connectivity index (χ3n) is 3.59. The summed E-state index contributed by atoms with van der Waals surface area (Å²) in [5.41, 5.74) is 0.499. The molecule has 98 valence electrons. The summed E-state index contributed by atoms with van der Waals surface area (Å²) >= 11 is 5.84. The summed E-state index contributed by atoms with van der Waals surface area (Å²) in [6, 6.07) is 7.66. The maximum absolute atomic E-state index is 5.87. The molecule has 0 saturated carbocycles. The molecule has 0 amide bonds. The molecule has 0 N–H and O–H groups in total. The number of hydrogen-bond donors (Lipinski definition) is 0. The lowest BCUT2D eigenvalue weighted by molar-refractivity contribution is -0.0499. The largest absolute Gasteiger partial charge is 0.340 e. The van der Waals surface area contributed by atoms with Gasteiger partial charge in [0.05, 0.1) is 11.2 Å². The molecule has 0 aliphatic carbocycles. The van der Waals surface area contributed by atoms with Crippen LogP contribution < -0.4 is 0 Å². The van der Waals surface area contributed by atoms with Gasteiger partial charge in [0.15, 0.2) is 6.29 Å². The molecule has 3 heteroatoms. The number of halogens is 1. The lowest BCUT2D eigenvalue weighted by atomic mass is 9.90. The Morgan fingerprint density at radius 1 is 1.00 bits per heavy atom. The van der Waals surface area contributed by atoms with Crippen LogP contribution in [0.2, 0.25) is 5.02 Å². The summed E-state index contributed by atoms with van der Waals surface area (Å²) in [5, 5.41) is 0.739. The van der Waals surface area contributed by atoms with Gasteiger partial charge in [0, 0.05) is 5.02 Å². The van der Waals surface area contributed by atoms with Crippen molar-refractivity contribution in [2.24, 2.45) is 0 Å². The SMILES string of the molecule is CC1(C)OC(/C=C/c2ccc(Cl)cc2)OC1(C)C. The van der Waals surface area contributed by atoms with Gasteiger partial charge in [0.1, 0.15) is 0 Å². The number of ether oxygens (including phenoxy) is 2. The van der Waals surface area contributed by atoms with Crippen molar-refractivity contribution in [2.45, 2.75) is 45.2 Å². The van der Waals surface area contributed by atoms with Crippen LogP contribution in [0.1, 0.15) is 33.3 Å². The quantitative estimate of drug-likeness (QED) is 0.795. The summed E-state index contributed by atoms with van der Waals surface area (Å²) in [5.74, 6) is 0. The van der Waals surface area contributed by atoms with E-state index in [1.54, 1.807) is 0 Å². The van der Waals surface area contributed by atoms with E-state index in [0.717, 1.165) is 10.6 Å². The average Bonchev–Trinajstić information content (AvgIpc) is 2.47. The highest BCUT2D eigenvalue weighted by molar-refractivity contribution is 6.30. The maximum atomic E-state index is 5.87. The Morgan fingerprint density at radius 2 is 1.50 bits per heavy atom. The molecule has 0 unspecified atom stereocenters. The second-order valence-electron chi connectivity index (χ2n) is 5.54. The van der Waals surface area contributed by atoms with Gasteiger partial charge in [-0.25, -0.2) is 0 Å². The molecule has 1 aliphatic rings. The molecule has 18 heavy (non-hydrogen) atoms. The van der Waals surface area contributed by atoms with Crippen molar-refractivity contribution in [3.05, 3.63) is 40.9 Å². The highest BCUT2D eigenvalue weighted by Crippen LogP contribution is 2.38. The molecule has 1 saturated heterocycles. The lowest BCUT2D eigenvalue weighted by Crippen LogP contribution is -2.41. The van der Waals surface area contributed by atoms with Gasteiger partial charge in [0.2, 0.25) is 0 Å². The molecular formula is C15H19ClO2. The fourth-order valence-corrected chi connectivity index (χ4v) is 1.86. The first-order chi connectivity index (χ1) is 8.30. The maximum Gasteiger partial charge on any atom is 0.178 e. The Kier molecular flexibility index (Phi) is 3.54. The van der Waals surface area contributed by atoms with Crippen LogP contribution >= 0.6 is 11.6 Å². The predicted molar refractivity (Wildman–Crippen MR) is 74.6 cm³/mol. The van der Waals surface area contributed by atoms with Crippen LogP contribution in [-0.4, -0.2) is 17.5 Å². The van der Waals surface area contributed by atoms with Crippen molar-refractivity contribution >= 4 is 17.7 Å². The predicted octanol–water partition coefficient (Wildman–Crippen LogP) is 4.28. The Hall–Kier alpha value is -0.830. The van der Waals surface area contributed by atoms with Gasteiger partial charge in [0.25, 0.3) is 0 Å². The van der Waals surface area contributed by atoms with E-state index in [1.165, 1.54) is 0 Å². The normalized spacial score (nSPS) is 22.7. The minimum atomic E-state index is -0.300. The van der Waals surface area contributed by atoms with Gasteiger partial charge in [-0.1, -0.05) is 29.8 Å². The van der Waals surface area contributed by atoms with Crippen LogP contribution in [0.4, 0.5) is 0 Å². The van der Waals surface area contributed by atoms with Gasteiger partial charge in [-0.3, -0.25) is 0 Å². The van der Waals surface area contributed by atoms with Crippen LogP contribution in [0.25, 0.3) is 6.08 Å². The zero-order valence-corrected chi connectivity index (χ0v) is 12.0. The summed E-state index contributed by atoms with van der Waals surface area (Å²) in [6.07, 6.45) is 3.61. The second kappa shape index (κ2) is 4.69. The minimum Gasteiger partial charge on any atom is -0.340 e. The van der Waals surface area contributed by atoms with Gasteiger partial charge in [-0.15, -0.1) is 0 Å². The first-order valence-electron chi connectivity index (χ1n) is 6.10. The third-order valence-corrected chi connectivity index (χ3v) is 3.84. The lowest BCUT2D eigenvalue weighted by Gasteiger charge is -2.30. The van der Waals surface area contributed by atoms with Gasteiger partial charge < -0.3 is 9.47 Å². The van der Waals surface area contributed by atoms with Crippen LogP contribution in [0.3, 0.4) is 0 Å². The molecule has 0 radical (unpaired) electrons. The molecule has 2 nitrogen and oxygen atoms in total. The first kappa shape index (κ1) is 13.6. The topological polar surface area (TPSA) is 18.5 Å². The summed E-state index contributed by atoms with van der Waals surface area (Å²) in [6.45, 7) is 8.18. The van der Waals surface area contributed by atoms with E-state index >= 15 is 0 Å². The zero-order chi connectivity index (χ0) is 13.4. The molecule has 2 rings (SSSR count). The molecule has 1 heterocycles. The molecule has 1 aromatic rings. The van der Waals surface area contributed by atoms with Gasteiger partial charge >= 0.3 is 0 Å². The molecule has 1 aliphatic heterocycles. The Bertz CT molecular complexity index is 430. The molecule has 0 atom stereocenters. The van der Waals surface area contributed by atoms with Crippen LogP contribution in [0.15, 0.2) is 30.3 Å². The average molecular weight is 267 g/mol. The van der Waals surface area contributed by atoms with Gasteiger partial charge in [-0.05, 0) is 51.5 Å². The molecule has 1 aromatic carbocycles. The van der Waals surface area contributed by atoms with Crippen molar-refractivity contribution in [1.29, 1.82) is 0 Å². The van der Waals surface area contributed by atoms with Crippen LogP contribution in [0, 0.1) is 0 Å². The van der Waals surface area contributed by atoms with Crippen molar-refractivity contribution in [2.75, 3.05) is 0 Å². The summed E-state index contributed by atoms with van der Waals surface area (Å²) < 4.78 is 11.7. The van der Waals surface area contributed by atoms with Crippen LogP contribution in [-0.2, 0) is 9.47 Å². The number of hydrogen-bond acceptors (Lipinski definition) is 2. The zero-order valence-electron chi connectivity index (χ0n) is 11.2. The van der Waals surface area contributed by atoms with Crippen LogP contribution in [0.5, 0.6) is 0 Å². The van der Waals surface area contributed by atoms with Crippen molar-refractivity contribution < 1.29 is 9.47 Å². The molecule has 0 aromatic heterocycles. The van der Waals surface area contributed by atoms with E-state index in [9.17, 15) is 0 Å². The fourth-order valence-electron chi connectivity index (χ4n) is 1.73. The van der Waals surface area contributed by atoms with E-state index in [-0.39, 0.29) is 17.5 Å². The molecular weight excluding hydrogens is 248 g/mol. The minimum absolute atomic E-state index is 0.290. The number of benzene rings is 1. The number of rotatable bonds is 2. The smallest absolute Gasteiger partial charge is 0.178 e.